The Balaban J connectivity index is 1.72. The molecule has 0 aromatic heterocycles. The van der Waals surface area contributed by atoms with Gasteiger partial charge in [-0.3, -0.25) is 4.90 Å². The minimum Gasteiger partial charge on any atom is -0.493 e. The molecule has 4 unspecified atom stereocenters. The maximum atomic E-state index is 13.3. The molecule has 0 amide bonds. The first-order valence-corrected chi connectivity index (χ1v) is 18.7. The average Bonchev–Trinajstić information content (AvgIpc) is 3.54. The van der Waals surface area contributed by atoms with Crippen molar-refractivity contribution in [2.45, 2.75) is 163 Å². The van der Waals surface area contributed by atoms with Gasteiger partial charge in [-0.2, -0.15) is 0 Å². The molecule has 0 radical (unpaired) electrons. The lowest BCUT2D eigenvalue weighted by atomic mass is 9.22. The van der Waals surface area contributed by atoms with E-state index in [1.807, 2.05) is 6.92 Å². The van der Waals surface area contributed by atoms with Gasteiger partial charge in [-0.25, -0.2) is 0 Å². The lowest BCUT2D eigenvalue weighted by molar-refractivity contribution is -0.392. The van der Waals surface area contributed by atoms with E-state index in [4.69, 9.17) is 18.3 Å². The van der Waals surface area contributed by atoms with E-state index in [1.54, 1.807) is 7.11 Å². The van der Waals surface area contributed by atoms with Crippen LogP contribution < -0.4 is 9.47 Å². The molecule has 8 rings (SSSR count). The Hall–Kier alpha value is -1.30. The van der Waals surface area contributed by atoms with Crippen LogP contribution in [0.2, 0.25) is 0 Å². The molecular weight excluding hydrogens is 582 g/mol. The molecule has 5 fully saturated rings. The number of piperidine rings is 1. The third-order valence-corrected chi connectivity index (χ3v) is 17.7. The molecule has 2 aliphatic heterocycles. The van der Waals surface area contributed by atoms with Gasteiger partial charge in [0.25, 0.3) is 0 Å². The Kier molecular flexibility index (Phi) is 6.05. The number of benzene rings is 1. The highest BCUT2D eigenvalue weighted by atomic mass is 16.6. The summed E-state index contributed by atoms with van der Waals surface area (Å²) >= 11 is 0. The molecule has 1 N–H and O–H groups in total. The highest BCUT2D eigenvalue weighted by molar-refractivity contribution is 5.72. The summed E-state index contributed by atoms with van der Waals surface area (Å²) in [4.78, 5) is 2.94. The second-order valence-electron chi connectivity index (χ2n) is 19.9. The van der Waals surface area contributed by atoms with Crippen LogP contribution in [0, 0.1) is 59.7 Å². The first-order chi connectivity index (χ1) is 22.7. The minimum absolute atomic E-state index is 0.104. The van der Waals surface area contributed by atoms with E-state index in [-0.39, 0.29) is 34.2 Å². The van der Waals surface area contributed by atoms with Crippen molar-refractivity contribution in [2.24, 2.45) is 45.8 Å². The van der Waals surface area contributed by atoms with Crippen molar-refractivity contribution in [3.8, 4) is 11.5 Å². The molecule has 7 aliphatic rings. The van der Waals surface area contributed by atoms with Gasteiger partial charge in [0.1, 0.15) is 11.7 Å². The van der Waals surface area contributed by atoms with Crippen LogP contribution in [0.25, 0.3) is 0 Å². The summed E-state index contributed by atoms with van der Waals surface area (Å²) in [5.41, 5.74) is -0.276. The maximum Gasteiger partial charge on any atom is 0.166 e. The zero-order valence-corrected chi connectivity index (χ0v) is 32.5. The van der Waals surface area contributed by atoms with Crippen LogP contribution in [0.15, 0.2) is 0 Å². The number of methoxy groups -OCH3 is 2. The van der Waals surface area contributed by atoms with E-state index >= 15 is 0 Å². The van der Waals surface area contributed by atoms with Crippen molar-refractivity contribution in [3.05, 3.63) is 22.3 Å². The summed E-state index contributed by atoms with van der Waals surface area (Å²) in [6.07, 6.45) is 2.13. The van der Waals surface area contributed by atoms with Crippen LogP contribution in [0.3, 0.4) is 0 Å². The van der Waals surface area contributed by atoms with Gasteiger partial charge in [0.2, 0.25) is 0 Å². The molecule has 5 nitrogen and oxygen atoms in total. The van der Waals surface area contributed by atoms with Gasteiger partial charge in [-0.15, -0.1) is 0 Å². The normalized spacial score (nSPS) is 45.6. The van der Waals surface area contributed by atoms with E-state index in [9.17, 15) is 5.11 Å². The SMILES string of the molecule is [2H]C([2H])([2H])O[C@@]12C(C)CC3([C@H](C)[C@@H]1[C@](C)(O)C(C)(C)CC)[C@@H]1N(CC4CC4C)C(C)(C)C(C)(C)[C@@]34c3c(c(OC)c(C)c(C)c3C1(C)C)O[C@@H]24. The fourth-order valence-electron chi connectivity index (χ4n) is 14.1. The van der Waals surface area contributed by atoms with Gasteiger partial charge >= 0.3 is 0 Å². The van der Waals surface area contributed by atoms with Crippen molar-refractivity contribution in [3.63, 3.8) is 0 Å². The lowest BCUT2D eigenvalue weighted by Crippen LogP contribution is -2.94. The maximum absolute atomic E-state index is 13.3. The van der Waals surface area contributed by atoms with E-state index in [0.717, 1.165) is 36.4 Å². The smallest absolute Gasteiger partial charge is 0.166 e. The van der Waals surface area contributed by atoms with Gasteiger partial charge in [0.15, 0.2) is 11.5 Å². The molecule has 4 bridgehead atoms. The van der Waals surface area contributed by atoms with Gasteiger partial charge in [0.05, 0.1) is 22.2 Å². The van der Waals surface area contributed by atoms with Crippen LogP contribution in [0.4, 0.5) is 0 Å². The predicted molar refractivity (Wildman–Crippen MR) is 191 cm³/mol. The standard InChI is InChI=1S/C42H67NO4/c1-18-35(7,8)39(15,44)32-26(6)40-20-23(3)41(32,46-17)34-42(40)29-28(24(4)25(5)30(45-16)31(29)47-34)36(9,10)33(40)43(21-27-19-22(27)2)38(13,14)37(42,11)12/h22-23,26-27,32-34,44H,18-21H2,1-17H3/t22?,23?,26-,27?,32-,33-,34+,39+,40?,41+,42+/m1/s1/i17D3. The van der Waals surface area contributed by atoms with Crippen molar-refractivity contribution in [2.75, 3.05) is 20.7 Å². The number of rotatable bonds is 7. The topological polar surface area (TPSA) is 51.2 Å². The molecule has 264 valence electrons. The third-order valence-electron chi connectivity index (χ3n) is 17.7. The Bertz CT molecular complexity index is 1630. The van der Waals surface area contributed by atoms with Crippen molar-refractivity contribution in [1.29, 1.82) is 0 Å². The fourth-order valence-corrected chi connectivity index (χ4v) is 14.1. The largest absolute Gasteiger partial charge is 0.493 e. The molecule has 1 aromatic rings. The Morgan fingerprint density at radius 1 is 1.02 bits per heavy atom. The van der Waals surface area contributed by atoms with Gasteiger partial charge in [0, 0.05) is 47.5 Å². The molecular formula is C42H67NO4. The number of fused-ring (bicyclic) bond motifs is 2. The summed E-state index contributed by atoms with van der Waals surface area (Å²) in [5.74, 6) is 2.04. The molecule has 5 heteroatoms. The Labute approximate surface area is 291 Å². The van der Waals surface area contributed by atoms with Crippen molar-refractivity contribution < 1.29 is 23.4 Å². The summed E-state index contributed by atoms with van der Waals surface area (Å²) in [7, 11) is -0.972. The molecule has 11 atom stereocenters. The molecule has 2 spiro atoms. The highest BCUT2D eigenvalue weighted by Crippen LogP contribution is 2.87. The lowest BCUT2D eigenvalue weighted by Gasteiger charge is -2.86. The summed E-state index contributed by atoms with van der Waals surface area (Å²) in [5, 5.41) is 13.3. The Morgan fingerprint density at radius 2 is 1.64 bits per heavy atom. The van der Waals surface area contributed by atoms with E-state index in [0.29, 0.717) is 11.8 Å². The molecule has 5 aliphatic carbocycles. The number of aliphatic hydroxyl groups is 1. The zero-order valence-electron chi connectivity index (χ0n) is 35.5. The quantitative estimate of drug-likeness (QED) is 0.320. The minimum atomic E-state index is -2.71. The van der Waals surface area contributed by atoms with Crippen LogP contribution in [0.1, 0.15) is 136 Å². The number of hydrogen-bond donors (Lipinski definition) is 1. The predicted octanol–water partition coefficient (Wildman–Crippen LogP) is 8.61. The molecule has 4 saturated carbocycles. The molecule has 1 aromatic carbocycles. The first-order valence-electron chi connectivity index (χ1n) is 20.2. The summed E-state index contributed by atoms with van der Waals surface area (Å²) < 4.78 is 47.2. The van der Waals surface area contributed by atoms with E-state index in [2.05, 4.69) is 102 Å². The third kappa shape index (κ3) is 3.20. The monoisotopic (exact) mass is 653 g/mol. The first kappa shape index (κ1) is 30.5. The molecule has 2 heterocycles. The molecule has 47 heavy (non-hydrogen) atoms. The van der Waals surface area contributed by atoms with Gasteiger partial charge in [-0.05, 0) is 105 Å². The van der Waals surface area contributed by atoms with Crippen LogP contribution in [-0.2, 0) is 15.6 Å². The second-order valence-corrected chi connectivity index (χ2v) is 19.9. The van der Waals surface area contributed by atoms with Crippen molar-refractivity contribution >= 4 is 0 Å². The molecule has 1 saturated heterocycles. The summed E-state index contributed by atoms with van der Waals surface area (Å²) in [6.45, 7) is 35.6. The zero-order chi connectivity index (χ0) is 37.5. The van der Waals surface area contributed by atoms with Crippen LogP contribution in [0.5, 0.6) is 11.5 Å². The fraction of sp³-hybridized carbons (Fsp3) is 0.857. The second kappa shape index (κ2) is 9.32. The van der Waals surface area contributed by atoms with E-state index in [1.165, 1.54) is 23.1 Å². The summed E-state index contributed by atoms with van der Waals surface area (Å²) in [6, 6.07) is 0.105. The van der Waals surface area contributed by atoms with Gasteiger partial charge in [-0.1, -0.05) is 69.2 Å². The number of ether oxygens (including phenoxy) is 3. The average molecular weight is 653 g/mol. The van der Waals surface area contributed by atoms with Crippen molar-refractivity contribution in [1.82, 2.24) is 4.90 Å². The number of likely N-dealkylation sites (tertiary alicyclic amines) is 1. The van der Waals surface area contributed by atoms with Crippen LogP contribution in [-0.4, -0.2) is 59.6 Å². The van der Waals surface area contributed by atoms with Gasteiger partial charge < -0.3 is 19.3 Å². The highest BCUT2D eigenvalue weighted by Gasteiger charge is 2.92. The van der Waals surface area contributed by atoms with Crippen LogP contribution >= 0.6 is 0 Å². The number of nitrogens with zero attached hydrogens (tertiary/aromatic N) is 1. The Morgan fingerprint density at radius 3 is 2.17 bits per heavy atom. The number of hydrogen-bond acceptors (Lipinski definition) is 5. The van der Waals surface area contributed by atoms with E-state index < -0.39 is 46.5 Å².